The van der Waals surface area contributed by atoms with E-state index in [4.69, 9.17) is 9.47 Å². The van der Waals surface area contributed by atoms with Crippen LogP contribution in [-0.4, -0.2) is 18.8 Å². The van der Waals surface area contributed by atoms with Crippen LogP contribution in [0.3, 0.4) is 0 Å². The lowest BCUT2D eigenvalue weighted by molar-refractivity contribution is 0.153. The highest BCUT2D eigenvalue weighted by Gasteiger charge is 2.12. The molecule has 0 bridgehead atoms. The number of hydrogen-bond donors (Lipinski definition) is 1. The van der Waals surface area contributed by atoms with Crippen LogP contribution in [0, 0.1) is 11.8 Å². The lowest BCUT2D eigenvalue weighted by Gasteiger charge is -2.13. The fourth-order valence-corrected chi connectivity index (χ4v) is 3.32. The Morgan fingerprint density at radius 3 is 2.32 bits per heavy atom. The molecule has 0 aliphatic carbocycles. The summed E-state index contributed by atoms with van der Waals surface area (Å²) in [5.41, 5.74) is 3.80. The summed E-state index contributed by atoms with van der Waals surface area (Å²) in [7, 11) is 1.64. The largest absolute Gasteiger partial charge is 0.497 e. The van der Waals surface area contributed by atoms with Gasteiger partial charge in [0.15, 0.2) is 0 Å². The van der Waals surface area contributed by atoms with Crippen molar-refractivity contribution in [2.24, 2.45) is 0 Å². The molecule has 1 atom stereocenters. The number of halogens is 1. The van der Waals surface area contributed by atoms with Crippen LogP contribution >= 0.6 is 15.9 Å². The van der Waals surface area contributed by atoms with E-state index in [2.05, 4.69) is 27.8 Å². The maximum absolute atomic E-state index is 10.6. The van der Waals surface area contributed by atoms with Gasteiger partial charge in [-0.1, -0.05) is 82.4 Å². The maximum atomic E-state index is 10.6. The number of aliphatic hydroxyl groups is 1. The van der Waals surface area contributed by atoms with Gasteiger partial charge in [-0.15, -0.1) is 0 Å². The normalized spacial score (nSPS) is 11.4. The van der Waals surface area contributed by atoms with Crippen molar-refractivity contribution in [1.29, 1.82) is 0 Å². The lowest BCUT2D eigenvalue weighted by atomic mass is 9.96. The SMILES string of the molecule is COc1ccc(COCC#CC(O)c2ccccc2-c2ccccc2Br)cc1. The number of methoxy groups -OCH3 is 1. The Balaban J connectivity index is 1.63. The maximum Gasteiger partial charge on any atom is 0.140 e. The molecule has 0 saturated heterocycles. The molecule has 0 spiro atoms. The van der Waals surface area contributed by atoms with Crippen LogP contribution in [0.1, 0.15) is 17.2 Å². The highest BCUT2D eigenvalue weighted by atomic mass is 79.9. The van der Waals surface area contributed by atoms with Crippen molar-refractivity contribution in [2.75, 3.05) is 13.7 Å². The third-order valence-corrected chi connectivity index (χ3v) is 4.95. The molecule has 0 fully saturated rings. The minimum Gasteiger partial charge on any atom is -0.497 e. The second-order valence-electron chi connectivity index (χ2n) is 6.13. The van der Waals surface area contributed by atoms with Crippen LogP contribution in [-0.2, 0) is 11.3 Å². The van der Waals surface area contributed by atoms with Crippen LogP contribution < -0.4 is 4.74 Å². The molecule has 0 radical (unpaired) electrons. The molecule has 1 unspecified atom stereocenters. The Labute approximate surface area is 174 Å². The van der Waals surface area contributed by atoms with Gasteiger partial charge in [-0.3, -0.25) is 0 Å². The summed E-state index contributed by atoms with van der Waals surface area (Å²) in [5, 5.41) is 10.6. The highest BCUT2D eigenvalue weighted by Crippen LogP contribution is 2.33. The van der Waals surface area contributed by atoms with Crippen LogP contribution in [0.15, 0.2) is 77.3 Å². The van der Waals surface area contributed by atoms with Crippen molar-refractivity contribution in [3.63, 3.8) is 0 Å². The molecule has 0 aliphatic heterocycles. The quantitative estimate of drug-likeness (QED) is 0.416. The molecule has 28 heavy (non-hydrogen) atoms. The fraction of sp³-hybridized carbons (Fsp3) is 0.167. The average Bonchev–Trinajstić information content (AvgIpc) is 2.74. The molecular weight excluding hydrogens is 416 g/mol. The van der Waals surface area contributed by atoms with E-state index in [0.717, 1.165) is 32.5 Å². The summed E-state index contributed by atoms with van der Waals surface area (Å²) in [6, 6.07) is 23.4. The van der Waals surface area contributed by atoms with Crippen molar-refractivity contribution in [3.05, 3.63) is 88.4 Å². The number of ether oxygens (including phenoxy) is 2. The number of benzene rings is 3. The standard InChI is InChI=1S/C24H21BrO3/c1-27-19-14-12-18(13-15-19)17-28-16-6-11-24(26)22-9-3-2-7-20(22)21-8-4-5-10-23(21)25/h2-5,7-10,12-15,24,26H,16-17H2,1H3. The molecule has 0 saturated carbocycles. The predicted octanol–water partition coefficient (Wildman–Crippen LogP) is 5.38. The molecule has 0 amide bonds. The fourth-order valence-electron chi connectivity index (χ4n) is 2.82. The first kappa shape index (κ1) is 20.2. The van der Waals surface area contributed by atoms with E-state index in [1.807, 2.05) is 72.8 Å². The van der Waals surface area contributed by atoms with E-state index >= 15 is 0 Å². The molecule has 0 aliphatic rings. The molecule has 4 heteroatoms. The predicted molar refractivity (Wildman–Crippen MR) is 115 cm³/mol. The van der Waals surface area contributed by atoms with Gasteiger partial charge in [0, 0.05) is 10.0 Å². The van der Waals surface area contributed by atoms with Crippen molar-refractivity contribution in [3.8, 4) is 28.7 Å². The summed E-state index contributed by atoms with van der Waals surface area (Å²) in [4.78, 5) is 0. The van der Waals surface area contributed by atoms with Gasteiger partial charge in [0.1, 0.15) is 18.5 Å². The van der Waals surface area contributed by atoms with Gasteiger partial charge in [-0.05, 0) is 34.9 Å². The zero-order valence-electron chi connectivity index (χ0n) is 15.6. The van der Waals surface area contributed by atoms with Crippen LogP contribution in [0.2, 0.25) is 0 Å². The van der Waals surface area contributed by atoms with E-state index < -0.39 is 6.10 Å². The molecule has 3 rings (SSSR count). The molecule has 3 aromatic carbocycles. The molecule has 142 valence electrons. The summed E-state index contributed by atoms with van der Waals surface area (Å²) in [6.07, 6.45) is -0.882. The topological polar surface area (TPSA) is 38.7 Å². The second kappa shape index (κ2) is 10.1. The zero-order valence-corrected chi connectivity index (χ0v) is 17.1. The van der Waals surface area contributed by atoms with E-state index in [9.17, 15) is 5.11 Å². The van der Waals surface area contributed by atoms with Gasteiger partial charge in [0.05, 0.1) is 13.7 Å². The van der Waals surface area contributed by atoms with Gasteiger partial charge >= 0.3 is 0 Å². The average molecular weight is 437 g/mol. The third-order valence-electron chi connectivity index (χ3n) is 4.26. The van der Waals surface area contributed by atoms with Gasteiger partial charge in [0.2, 0.25) is 0 Å². The number of rotatable bonds is 6. The Morgan fingerprint density at radius 1 is 0.929 bits per heavy atom. The number of hydrogen-bond acceptors (Lipinski definition) is 3. The van der Waals surface area contributed by atoms with Crippen molar-refractivity contribution in [2.45, 2.75) is 12.7 Å². The molecule has 0 aromatic heterocycles. The summed E-state index contributed by atoms with van der Waals surface area (Å²) < 4.78 is 11.7. The van der Waals surface area contributed by atoms with E-state index in [-0.39, 0.29) is 6.61 Å². The van der Waals surface area contributed by atoms with E-state index in [0.29, 0.717) is 6.61 Å². The van der Waals surface area contributed by atoms with Crippen LogP contribution in [0.4, 0.5) is 0 Å². The number of aliphatic hydroxyl groups excluding tert-OH is 1. The molecule has 0 heterocycles. The third kappa shape index (κ3) is 5.24. The van der Waals surface area contributed by atoms with Crippen LogP contribution in [0.5, 0.6) is 5.75 Å². The van der Waals surface area contributed by atoms with Gasteiger partial charge in [0.25, 0.3) is 0 Å². The van der Waals surface area contributed by atoms with Gasteiger partial charge in [-0.25, -0.2) is 0 Å². The monoisotopic (exact) mass is 436 g/mol. The van der Waals surface area contributed by atoms with Gasteiger partial charge < -0.3 is 14.6 Å². The summed E-state index contributed by atoms with van der Waals surface area (Å²) in [6.45, 7) is 0.711. The van der Waals surface area contributed by atoms with Crippen molar-refractivity contribution in [1.82, 2.24) is 0 Å². The molecular formula is C24H21BrO3. The van der Waals surface area contributed by atoms with Crippen LogP contribution in [0.25, 0.3) is 11.1 Å². The smallest absolute Gasteiger partial charge is 0.140 e. The minimum atomic E-state index is -0.882. The Bertz CT molecular complexity index is 971. The van der Waals surface area contributed by atoms with E-state index in [1.54, 1.807) is 7.11 Å². The first-order valence-corrected chi connectivity index (χ1v) is 9.69. The first-order chi connectivity index (χ1) is 13.7. The summed E-state index contributed by atoms with van der Waals surface area (Å²) in [5.74, 6) is 6.60. The molecule has 3 aromatic rings. The Hall–Kier alpha value is -2.58. The van der Waals surface area contributed by atoms with Crippen molar-refractivity contribution < 1.29 is 14.6 Å². The van der Waals surface area contributed by atoms with E-state index in [1.165, 1.54) is 0 Å². The second-order valence-corrected chi connectivity index (χ2v) is 6.99. The van der Waals surface area contributed by atoms with Gasteiger partial charge in [-0.2, -0.15) is 0 Å². The molecule has 3 nitrogen and oxygen atoms in total. The van der Waals surface area contributed by atoms with Crippen molar-refractivity contribution >= 4 is 15.9 Å². The minimum absolute atomic E-state index is 0.250. The highest BCUT2D eigenvalue weighted by molar-refractivity contribution is 9.10. The zero-order chi connectivity index (χ0) is 19.8. The first-order valence-electron chi connectivity index (χ1n) is 8.90. The molecule has 1 N–H and O–H groups in total. The Morgan fingerprint density at radius 2 is 1.61 bits per heavy atom. The summed E-state index contributed by atoms with van der Waals surface area (Å²) >= 11 is 3.58. The Kier molecular flexibility index (Phi) is 7.27. The lowest BCUT2D eigenvalue weighted by Crippen LogP contribution is -1.99.